The molecule has 0 spiro atoms. The molecule has 208 valence electrons. The quantitative estimate of drug-likeness (QED) is 0.258. The summed E-state index contributed by atoms with van der Waals surface area (Å²) in [7, 11) is 3.17. The fourth-order valence-corrected chi connectivity index (χ4v) is 6.58. The molecule has 8 rings (SSSR count). The molecule has 4 aliphatic rings. The molecule has 3 aromatic carbocycles. The topological polar surface area (TPSA) is 98.8 Å². The molecule has 0 atom stereocenters. The van der Waals surface area contributed by atoms with Crippen LogP contribution >= 0.6 is 0 Å². The zero-order valence-electron chi connectivity index (χ0n) is 23.0. The van der Waals surface area contributed by atoms with E-state index in [1.54, 1.807) is 56.8 Å². The van der Waals surface area contributed by atoms with Gasteiger partial charge in [0.1, 0.15) is 16.9 Å². The van der Waals surface area contributed by atoms with Crippen LogP contribution in [0.3, 0.4) is 0 Å². The fourth-order valence-electron chi connectivity index (χ4n) is 6.58. The van der Waals surface area contributed by atoms with Crippen LogP contribution in [0.5, 0.6) is 23.0 Å². The van der Waals surface area contributed by atoms with Gasteiger partial charge in [-0.2, -0.15) is 0 Å². The number of pyridine rings is 1. The van der Waals surface area contributed by atoms with Gasteiger partial charge in [-0.25, -0.2) is 0 Å². The molecular weight excluding hydrogens is 518 g/mol. The summed E-state index contributed by atoms with van der Waals surface area (Å²) < 4.78 is 17.0. The molecule has 2 amide bonds. The third kappa shape index (κ3) is 4.17. The molecule has 4 saturated carbocycles. The van der Waals surface area contributed by atoms with Gasteiger partial charge in [0, 0.05) is 34.3 Å². The molecule has 1 heterocycles. The minimum atomic E-state index is -0.986. The zero-order valence-corrected chi connectivity index (χ0v) is 23.0. The number of fused-ring (bicyclic) bond motifs is 1. The SMILES string of the molecule is COc1cc2nccc(Oc3ccc(NC(=O)C4(C(=O)NC56CC(c7ccccc7)(C5)C6)CC4)cc3)c2cc1OC. The molecule has 8 nitrogen and oxygen atoms in total. The Bertz CT molecular complexity index is 1640. The van der Waals surface area contributed by atoms with Gasteiger partial charge in [0.25, 0.3) is 0 Å². The van der Waals surface area contributed by atoms with E-state index in [4.69, 9.17) is 14.2 Å². The van der Waals surface area contributed by atoms with Crippen molar-refractivity contribution in [2.75, 3.05) is 19.5 Å². The molecule has 2 N–H and O–H groups in total. The van der Waals surface area contributed by atoms with Crippen LogP contribution in [-0.4, -0.2) is 36.6 Å². The Labute approximate surface area is 238 Å². The summed E-state index contributed by atoms with van der Waals surface area (Å²) in [5.74, 6) is 1.98. The van der Waals surface area contributed by atoms with Gasteiger partial charge in [-0.3, -0.25) is 14.6 Å². The van der Waals surface area contributed by atoms with E-state index in [2.05, 4.69) is 39.9 Å². The second-order valence-corrected chi connectivity index (χ2v) is 11.6. The van der Waals surface area contributed by atoms with E-state index in [1.807, 2.05) is 12.1 Å². The van der Waals surface area contributed by atoms with Crippen LogP contribution in [0.2, 0.25) is 0 Å². The normalized spacial score (nSPS) is 23.0. The monoisotopic (exact) mass is 549 g/mol. The highest BCUT2D eigenvalue weighted by Crippen LogP contribution is 2.68. The standard InChI is InChI=1S/C33H31N3O5/c1-39-27-16-24-25(17-28(27)40-2)34-15-12-26(24)41-23-10-8-22(9-11-23)35-29(37)33(13-14-33)30(38)36-32-18-31(19-32,20-32)21-6-4-3-5-7-21/h3-12,15-17H,13-14,18-20H2,1-2H3,(H,35,37)(H,36,38). The predicted molar refractivity (Wildman–Crippen MR) is 155 cm³/mol. The number of rotatable bonds is 9. The van der Waals surface area contributed by atoms with Crippen LogP contribution in [0.25, 0.3) is 10.9 Å². The molecule has 41 heavy (non-hydrogen) atoms. The number of methoxy groups -OCH3 is 2. The van der Waals surface area contributed by atoms with Crippen molar-refractivity contribution >= 4 is 28.4 Å². The van der Waals surface area contributed by atoms with Crippen molar-refractivity contribution in [2.45, 2.75) is 43.1 Å². The molecule has 1 aromatic heterocycles. The smallest absolute Gasteiger partial charge is 0.240 e. The Morgan fingerprint density at radius 1 is 0.805 bits per heavy atom. The largest absolute Gasteiger partial charge is 0.493 e. The number of ether oxygens (including phenoxy) is 3. The molecule has 0 aliphatic heterocycles. The van der Waals surface area contributed by atoms with Crippen molar-refractivity contribution in [1.29, 1.82) is 0 Å². The van der Waals surface area contributed by atoms with Gasteiger partial charge < -0.3 is 24.8 Å². The number of carbonyl (C=O) groups excluding carboxylic acids is 2. The van der Waals surface area contributed by atoms with Crippen LogP contribution in [0.1, 0.15) is 37.7 Å². The van der Waals surface area contributed by atoms with Crippen molar-refractivity contribution in [3.8, 4) is 23.0 Å². The molecule has 4 aromatic rings. The molecule has 0 radical (unpaired) electrons. The van der Waals surface area contributed by atoms with Gasteiger partial charge in [-0.1, -0.05) is 30.3 Å². The van der Waals surface area contributed by atoms with Crippen molar-refractivity contribution in [3.63, 3.8) is 0 Å². The van der Waals surface area contributed by atoms with Crippen LogP contribution < -0.4 is 24.8 Å². The fraction of sp³-hybridized carbons (Fsp3) is 0.303. The van der Waals surface area contributed by atoms with E-state index in [0.717, 1.165) is 24.6 Å². The van der Waals surface area contributed by atoms with Gasteiger partial charge >= 0.3 is 0 Å². The number of hydrogen-bond acceptors (Lipinski definition) is 6. The van der Waals surface area contributed by atoms with Crippen molar-refractivity contribution in [3.05, 3.63) is 84.6 Å². The summed E-state index contributed by atoms with van der Waals surface area (Å²) in [6.45, 7) is 0. The number of aromatic nitrogens is 1. The number of amides is 2. The third-order valence-corrected chi connectivity index (χ3v) is 8.96. The Balaban J connectivity index is 0.990. The first kappa shape index (κ1) is 25.4. The van der Waals surface area contributed by atoms with Crippen LogP contribution in [0, 0.1) is 5.41 Å². The van der Waals surface area contributed by atoms with E-state index < -0.39 is 5.41 Å². The summed E-state index contributed by atoms with van der Waals surface area (Å²) in [6, 6.07) is 23.1. The number of carbonyl (C=O) groups is 2. The van der Waals surface area contributed by atoms with Gasteiger partial charge in [0.15, 0.2) is 11.5 Å². The molecule has 0 saturated heterocycles. The molecule has 0 unspecified atom stereocenters. The average molecular weight is 550 g/mol. The lowest BCUT2D eigenvalue weighted by Gasteiger charge is -2.71. The van der Waals surface area contributed by atoms with Gasteiger partial charge in [-0.05, 0) is 74.1 Å². The maximum absolute atomic E-state index is 13.3. The summed E-state index contributed by atoms with van der Waals surface area (Å²) in [5.41, 5.74) is 1.72. The maximum Gasteiger partial charge on any atom is 0.240 e. The molecule has 4 aliphatic carbocycles. The van der Waals surface area contributed by atoms with Crippen LogP contribution in [-0.2, 0) is 15.0 Å². The van der Waals surface area contributed by atoms with Gasteiger partial charge in [0.2, 0.25) is 11.8 Å². The highest BCUT2D eigenvalue weighted by molar-refractivity contribution is 6.13. The lowest BCUT2D eigenvalue weighted by Crippen LogP contribution is -2.77. The van der Waals surface area contributed by atoms with E-state index in [9.17, 15) is 9.59 Å². The van der Waals surface area contributed by atoms with Gasteiger partial charge in [-0.15, -0.1) is 0 Å². The second-order valence-electron chi connectivity index (χ2n) is 11.6. The van der Waals surface area contributed by atoms with Crippen molar-refractivity contribution < 1.29 is 23.8 Å². The number of hydrogen-bond donors (Lipinski definition) is 2. The van der Waals surface area contributed by atoms with E-state index in [1.165, 1.54) is 5.56 Å². The minimum absolute atomic E-state index is 0.145. The number of nitrogens with zero attached hydrogens (tertiary/aromatic N) is 1. The number of anilines is 1. The third-order valence-electron chi connectivity index (χ3n) is 8.96. The Hall–Kier alpha value is -4.59. The summed E-state index contributed by atoms with van der Waals surface area (Å²) >= 11 is 0. The lowest BCUT2D eigenvalue weighted by atomic mass is 9.37. The van der Waals surface area contributed by atoms with Crippen LogP contribution in [0.4, 0.5) is 5.69 Å². The van der Waals surface area contributed by atoms with Crippen molar-refractivity contribution in [2.24, 2.45) is 5.41 Å². The predicted octanol–water partition coefficient (Wildman–Crippen LogP) is 5.75. The summed E-state index contributed by atoms with van der Waals surface area (Å²) in [5, 5.41) is 6.97. The first-order chi connectivity index (χ1) is 19.9. The highest BCUT2D eigenvalue weighted by atomic mass is 16.5. The van der Waals surface area contributed by atoms with E-state index >= 15 is 0 Å². The Morgan fingerprint density at radius 3 is 2.15 bits per heavy atom. The van der Waals surface area contributed by atoms with E-state index in [-0.39, 0.29) is 22.8 Å². The molecular formula is C33H31N3O5. The molecule has 4 fully saturated rings. The van der Waals surface area contributed by atoms with E-state index in [0.29, 0.717) is 47.0 Å². The average Bonchev–Trinajstić information content (AvgIpc) is 3.77. The molecule has 8 heteroatoms. The zero-order chi connectivity index (χ0) is 28.2. The minimum Gasteiger partial charge on any atom is -0.493 e. The first-order valence-corrected chi connectivity index (χ1v) is 13.9. The number of nitrogens with one attached hydrogen (secondary N) is 2. The van der Waals surface area contributed by atoms with Crippen molar-refractivity contribution in [1.82, 2.24) is 10.3 Å². The Kier molecular flexibility index (Phi) is 5.71. The first-order valence-electron chi connectivity index (χ1n) is 13.9. The maximum atomic E-state index is 13.3. The summed E-state index contributed by atoms with van der Waals surface area (Å²) in [4.78, 5) is 30.9. The van der Waals surface area contributed by atoms with Gasteiger partial charge in [0.05, 0.1) is 19.7 Å². The second kappa shape index (κ2) is 9.23. The molecule has 2 bridgehead atoms. The Morgan fingerprint density at radius 2 is 1.49 bits per heavy atom. The highest BCUT2D eigenvalue weighted by Gasteiger charge is 2.70. The number of benzene rings is 3. The summed E-state index contributed by atoms with van der Waals surface area (Å²) in [6.07, 6.45) is 5.64. The van der Waals surface area contributed by atoms with Crippen LogP contribution in [0.15, 0.2) is 79.0 Å². The lowest BCUT2D eigenvalue weighted by molar-refractivity contribution is -0.146.